The normalized spacial score (nSPS) is 30.9. The van der Waals surface area contributed by atoms with Crippen molar-refractivity contribution >= 4 is 5.97 Å². The monoisotopic (exact) mass is 326 g/mol. The number of aliphatic hydroxyl groups excluding tert-OH is 2. The first-order valence-electron chi connectivity index (χ1n) is 7.36. The lowest BCUT2D eigenvalue weighted by Gasteiger charge is -2.41. The first kappa shape index (κ1) is 17.8. The van der Waals surface area contributed by atoms with Crippen molar-refractivity contribution in [1.82, 2.24) is 0 Å². The topological polar surface area (TPSA) is 94.5 Å². The van der Waals surface area contributed by atoms with Gasteiger partial charge in [-0.3, -0.25) is 4.79 Å². The molecular weight excluding hydrogens is 304 g/mol. The Balaban J connectivity index is 2.05. The molecule has 0 unspecified atom stereocenters. The number of carbonyl (C=O) groups is 1. The number of aliphatic hydroxyl groups is 2. The SMILES string of the molecule is CO[C@@H]1O[C@@H](COC(C)=O)[C@H](OCc2ccccc2)[C@@H](O)[C@H]1O. The second-order valence-corrected chi connectivity index (χ2v) is 5.32. The van der Waals surface area contributed by atoms with Gasteiger partial charge in [-0.05, 0) is 5.56 Å². The average molecular weight is 326 g/mol. The van der Waals surface area contributed by atoms with E-state index in [-0.39, 0.29) is 13.2 Å². The fourth-order valence-corrected chi connectivity index (χ4v) is 2.41. The van der Waals surface area contributed by atoms with E-state index in [2.05, 4.69) is 0 Å². The largest absolute Gasteiger partial charge is 0.463 e. The van der Waals surface area contributed by atoms with Gasteiger partial charge in [0.15, 0.2) is 6.29 Å². The van der Waals surface area contributed by atoms with Gasteiger partial charge in [0.05, 0.1) is 6.61 Å². The lowest BCUT2D eigenvalue weighted by molar-refractivity contribution is -0.303. The summed E-state index contributed by atoms with van der Waals surface area (Å²) >= 11 is 0. The van der Waals surface area contributed by atoms with Crippen molar-refractivity contribution in [2.24, 2.45) is 0 Å². The highest BCUT2D eigenvalue weighted by molar-refractivity contribution is 5.65. The number of esters is 1. The zero-order chi connectivity index (χ0) is 16.8. The molecule has 0 spiro atoms. The molecular formula is C16H22O7. The molecule has 1 aromatic carbocycles. The van der Waals surface area contributed by atoms with E-state index in [4.69, 9.17) is 18.9 Å². The smallest absolute Gasteiger partial charge is 0.302 e. The Morgan fingerprint density at radius 2 is 1.91 bits per heavy atom. The highest BCUT2D eigenvalue weighted by Gasteiger charge is 2.45. The Morgan fingerprint density at radius 3 is 2.52 bits per heavy atom. The Kier molecular flexibility index (Phi) is 6.49. The Bertz CT molecular complexity index is 492. The number of ether oxygens (including phenoxy) is 4. The predicted octanol–water partition coefficient (Wildman–Crippen LogP) is 0.228. The molecule has 0 aromatic heterocycles. The van der Waals surface area contributed by atoms with Crippen LogP contribution < -0.4 is 0 Å². The molecule has 0 saturated carbocycles. The molecule has 0 radical (unpaired) electrons. The zero-order valence-corrected chi connectivity index (χ0v) is 13.1. The number of hydrogen-bond acceptors (Lipinski definition) is 7. The van der Waals surface area contributed by atoms with Crippen LogP contribution >= 0.6 is 0 Å². The summed E-state index contributed by atoms with van der Waals surface area (Å²) < 4.78 is 21.2. The summed E-state index contributed by atoms with van der Waals surface area (Å²) in [5.74, 6) is -0.468. The summed E-state index contributed by atoms with van der Waals surface area (Å²) in [5, 5.41) is 20.3. The third-order valence-corrected chi connectivity index (χ3v) is 3.61. The van der Waals surface area contributed by atoms with Crippen LogP contribution in [0.2, 0.25) is 0 Å². The minimum Gasteiger partial charge on any atom is -0.463 e. The van der Waals surface area contributed by atoms with E-state index in [1.54, 1.807) is 0 Å². The fourth-order valence-electron chi connectivity index (χ4n) is 2.41. The van der Waals surface area contributed by atoms with Crippen molar-refractivity contribution in [2.75, 3.05) is 13.7 Å². The van der Waals surface area contributed by atoms with Gasteiger partial charge in [0, 0.05) is 14.0 Å². The summed E-state index contributed by atoms with van der Waals surface area (Å²) in [7, 11) is 1.36. The molecule has 1 aliphatic rings. The van der Waals surface area contributed by atoms with Crippen LogP contribution in [0.15, 0.2) is 30.3 Å². The molecule has 1 saturated heterocycles. The Morgan fingerprint density at radius 1 is 1.22 bits per heavy atom. The van der Waals surface area contributed by atoms with Crippen molar-refractivity contribution in [3.8, 4) is 0 Å². The van der Waals surface area contributed by atoms with Gasteiger partial charge in [0.25, 0.3) is 0 Å². The van der Waals surface area contributed by atoms with Crippen LogP contribution in [0.4, 0.5) is 0 Å². The molecule has 1 fully saturated rings. The lowest BCUT2D eigenvalue weighted by atomic mass is 9.99. The van der Waals surface area contributed by atoms with E-state index in [1.165, 1.54) is 14.0 Å². The Hall–Kier alpha value is -1.51. The maximum atomic E-state index is 11.0. The van der Waals surface area contributed by atoms with Crippen LogP contribution in [0.1, 0.15) is 12.5 Å². The van der Waals surface area contributed by atoms with Crippen LogP contribution in [0.5, 0.6) is 0 Å². The molecule has 5 atom stereocenters. The molecule has 0 aliphatic carbocycles. The third kappa shape index (κ3) is 4.73. The second-order valence-electron chi connectivity index (χ2n) is 5.32. The molecule has 1 aromatic rings. The first-order chi connectivity index (χ1) is 11.0. The molecule has 1 heterocycles. The molecule has 2 rings (SSSR count). The van der Waals surface area contributed by atoms with E-state index in [0.29, 0.717) is 0 Å². The zero-order valence-electron chi connectivity index (χ0n) is 13.1. The van der Waals surface area contributed by atoms with Crippen molar-refractivity contribution in [3.05, 3.63) is 35.9 Å². The van der Waals surface area contributed by atoms with Gasteiger partial charge >= 0.3 is 5.97 Å². The van der Waals surface area contributed by atoms with Crippen LogP contribution in [-0.4, -0.2) is 60.6 Å². The number of benzene rings is 1. The van der Waals surface area contributed by atoms with Crippen LogP contribution in [-0.2, 0) is 30.3 Å². The van der Waals surface area contributed by atoms with E-state index in [0.717, 1.165) is 5.56 Å². The average Bonchev–Trinajstić information content (AvgIpc) is 2.55. The predicted molar refractivity (Wildman–Crippen MR) is 79.3 cm³/mol. The van der Waals surface area contributed by atoms with Gasteiger partial charge in [-0.15, -0.1) is 0 Å². The van der Waals surface area contributed by atoms with Crippen molar-refractivity contribution in [1.29, 1.82) is 0 Å². The molecule has 2 N–H and O–H groups in total. The summed E-state index contributed by atoms with van der Waals surface area (Å²) in [5.41, 5.74) is 0.911. The summed E-state index contributed by atoms with van der Waals surface area (Å²) in [6.45, 7) is 1.41. The van der Waals surface area contributed by atoms with E-state index in [1.807, 2.05) is 30.3 Å². The standard InChI is InChI=1S/C16H22O7/c1-10(17)21-9-12-15(13(18)14(19)16(20-2)23-12)22-8-11-6-4-3-5-7-11/h3-7,12-16,18-19H,8-9H2,1-2H3/t12-,13-,14+,15-,16+/m0/s1. The molecule has 128 valence electrons. The third-order valence-electron chi connectivity index (χ3n) is 3.61. The molecule has 0 amide bonds. The van der Waals surface area contributed by atoms with Crippen LogP contribution in [0, 0.1) is 0 Å². The fraction of sp³-hybridized carbons (Fsp3) is 0.562. The van der Waals surface area contributed by atoms with E-state index in [9.17, 15) is 15.0 Å². The highest BCUT2D eigenvalue weighted by Crippen LogP contribution is 2.25. The van der Waals surface area contributed by atoms with Crippen LogP contribution in [0.25, 0.3) is 0 Å². The van der Waals surface area contributed by atoms with E-state index >= 15 is 0 Å². The van der Waals surface area contributed by atoms with Crippen molar-refractivity contribution in [3.63, 3.8) is 0 Å². The number of hydrogen-bond donors (Lipinski definition) is 2. The minimum absolute atomic E-state index is 0.0988. The summed E-state index contributed by atoms with van der Waals surface area (Å²) in [6.07, 6.45) is -5.09. The van der Waals surface area contributed by atoms with Crippen molar-refractivity contribution < 1.29 is 34.0 Å². The Labute approximate surface area is 134 Å². The highest BCUT2D eigenvalue weighted by atomic mass is 16.7. The van der Waals surface area contributed by atoms with Gasteiger partial charge in [-0.2, -0.15) is 0 Å². The van der Waals surface area contributed by atoms with E-state index < -0.39 is 36.7 Å². The maximum absolute atomic E-state index is 11.0. The van der Waals surface area contributed by atoms with Gasteiger partial charge in [-0.25, -0.2) is 0 Å². The second kappa shape index (κ2) is 8.37. The molecule has 23 heavy (non-hydrogen) atoms. The van der Waals surface area contributed by atoms with Gasteiger partial charge in [0.2, 0.25) is 0 Å². The van der Waals surface area contributed by atoms with Gasteiger partial charge < -0.3 is 29.2 Å². The maximum Gasteiger partial charge on any atom is 0.302 e. The molecule has 0 bridgehead atoms. The molecule has 1 aliphatic heterocycles. The molecule has 7 nitrogen and oxygen atoms in total. The number of rotatable bonds is 6. The van der Waals surface area contributed by atoms with Crippen LogP contribution in [0.3, 0.4) is 0 Å². The summed E-state index contributed by atoms with van der Waals surface area (Å²) in [6, 6.07) is 9.40. The molecule has 7 heteroatoms. The van der Waals surface area contributed by atoms with Gasteiger partial charge in [0.1, 0.15) is 31.0 Å². The lowest BCUT2D eigenvalue weighted by Crippen LogP contribution is -2.60. The first-order valence-corrected chi connectivity index (χ1v) is 7.36. The quantitative estimate of drug-likeness (QED) is 0.723. The summed E-state index contributed by atoms with van der Waals surface area (Å²) in [4.78, 5) is 11.0. The minimum atomic E-state index is -1.26. The number of methoxy groups -OCH3 is 1. The van der Waals surface area contributed by atoms with Gasteiger partial charge in [-0.1, -0.05) is 30.3 Å². The number of carbonyl (C=O) groups excluding carboxylic acids is 1. The van der Waals surface area contributed by atoms with Crippen molar-refractivity contribution in [2.45, 2.75) is 44.2 Å².